The number of sulfonamides is 1. The maximum atomic E-state index is 14.4. The largest absolute Gasteiger partial charge is 0.495 e. The van der Waals surface area contributed by atoms with E-state index < -0.39 is 22.2 Å². The van der Waals surface area contributed by atoms with Gasteiger partial charge in [-0.05, 0) is 82.5 Å². The Bertz CT molecular complexity index is 1830. The lowest BCUT2D eigenvalue weighted by Gasteiger charge is -2.35. The zero-order valence-electron chi connectivity index (χ0n) is 26.0. The molecule has 0 radical (unpaired) electrons. The van der Waals surface area contributed by atoms with E-state index in [1.807, 2.05) is 14.1 Å². The molecule has 0 saturated heterocycles. The van der Waals surface area contributed by atoms with Gasteiger partial charge in [0.2, 0.25) is 0 Å². The number of hydrogen-bond acceptors (Lipinski definition) is 8. The number of rotatable bonds is 10. The molecular weight excluding hydrogens is 621 g/mol. The van der Waals surface area contributed by atoms with Gasteiger partial charge in [-0.15, -0.1) is 0 Å². The molecule has 1 aliphatic carbocycles. The first kappa shape index (κ1) is 33.2. The van der Waals surface area contributed by atoms with Crippen LogP contribution in [-0.2, 0) is 10.0 Å². The summed E-state index contributed by atoms with van der Waals surface area (Å²) in [5, 5.41) is 10.1. The monoisotopic (exact) mass is 658 g/mol. The van der Waals surface area contributed by atoms with Gasteiger partial charge in [0.05, 0.1) is 29.9 Å². The molecule has 0 amide bonds. The zero-order valence-corrected chi connectivity index (χ0v) is 26.8. The van der Waals surface area contributed by atoms with Crippen molar-refractivity contribution in [2.75, 3.05) is 37.8 Å². The van der Waals surface area contributed by atoms with Crippen molar-refractivity contribution < 1.29 is 30.8 Å². The number of halogens is 3. The Balaban J connectivity index is 1.28. The number of aromatic nitrogens is 2. The molecule has 2 heterocycles. The Morgan fingerprint density at radius 1 is 1.13 bits per heavy atom. The second kappa shape index (κ2) is 13.7. The Morgan fingerprint density at radius 2 is 1.89 bits per heavy atom. The normalized spacial score (nSPS) is 17.8. The molecule has 1 atom stereocenters. The van der Waals surface area contributed by atoms with Gasteiger partial charge in [-0.2, -0.15) is 13.2 Å². The molecule has 14 heteroatoms. The van der Waals surface area contributed by atoms with E-state index in [1.165, 1.54) is 31.4 Å². The van der Waals surface area contributed by atoms with E-state index in [0.29, 0.717) is 46.9 Å². The quantitative estimate of drug-likeness (QED) is 0.158. The maximum Gasteiger partial charge on any atom is 0.407 e. The SMILES string of the molecule is COc1cc(S(=O)(=O)Nc2cc(C)on2)ccc1NCC#Cc1cc2c(C(NC3CCC(N(C)C)CC3)C(F)(F)F)cccc2[nH]1. The second-order valence-electron chi connectivity index (χ2n) is 11.5. The maximum absolute atomic E-state index is 14.4. The average molecular weight is 659 g/mol. The molecule has 4 N–H and O–H groups in total. The van der Waals surface area contributed by atoms with Gasteiger partial charge in [0.15, 0.2) is 5.82 Å². The highest BCUT2D eigenvalue weighted by Crippen LogP contribution is 2.38. The number of anilines is 2. The van der Waals surface area contributed by atoms with Crippen LogP contribution in [0.15, 0.2) is 57.9 Å². The Labute approximate surface area is 266 Å². The number of aromatic amines is 1. The number of methoxy groups -OCH3 is 1. The van der Waals surface area contributed by atoms with Gasteiger partial charge in [-0.3, -0.25) is 10.0 Å². The Kier molecular flexibility index (Phi) is 9.85. The van der Waals surface area contributed by atoms with E-state index >= 15 is 0 Å². The van der Waals surface area contributed by atoms with Crippen LogP contribution in [0.25, 0.3) is 10.9 Å². The summed E-state index contributed by atoms with van der Waals surface area (Å²) in [4.78, 5) is 5.22. The lowest BCUT2D eigenvalue weighted by Crippen LogP contribution is -2.44. The van der Waals surface area contributed by atoms with Gasteiger partial charge in [-0.1, -0.05) is 23.2 Å². The zero-order chi connectivity index (χ0) is 33.1. The van der Waals surface area contributed by atoms with Crippen LogP contribution in [0, 0.1) is 18.8 Å². The van der Waals surface area contributed by atoms with Crippen LogP contribution in [0.2, 0.25) is 0 Å². The highest BCUT2D eigenvalue weighted by atomic mass is 32.2. The molecule has 4 aromatic rings. The molecule has 2 aromatic carbocycles. The standard InChI is InChI=1S/C32H37F3N6O4S/c1-20-17-30(39-45-20)40-46(42,43)24-14-15-28(29(19-24)44-4)36-16-6-7-22-18-26-25(8-5-9-27(26)37-22)31(32(33,34)35)38-21-10-12-23(13-11-21)41(2)3/h5,8-9,14-15,17-19,21,23,31,36-38H,10-13,16H2,1-4H3,(H,39,40). The van der Waals surface area contributed by atoms with Crippen molar-refractivity contribution in [2.45, 2.75) is 61.8 Å². The molecule has 46 heavy (non-hydrogen) atoms. The van der Waals surface area contributed by atoms with Crippen molar-refractivity contribution >= 4 is 32.4 Å². The summed E-state index contributed by atoms with van der Waals surface area (Å²) in [6, 6.07) is 10.7. The van der Waals surface area contributed by atoms with Crippen LogP contribution in [0.3, 0.4) is 0 Å². The van der Waals surface area contributed by atoms with E-state index in [0.717, 1.165) is 12.8 Å². The van der Waals surface area contributed by atoms with Crippen molar-refractivity contribution in [3.8, 4) is 17.6 Å². The molecule has 246 valence electrons. The number of benzene rings is 2. The van der Waals surface area contributed by atoms with Crippen molar-refractivity contribution in [3.63, 3.8) is 0 Å². The lowest BCUT2D eigenvalue weighted by atomic mass is 9.89. The minimum atomic E-state index is -4.47. The molecule has 1 unspecified atom stereocenters. The summed E-state index contributed by atoms with van der Waals surface area (Å²) < 4.78 is 81.4. The molecule has 2 aromatic heterocycles. The van der Waals surface area contributed by atoms with Crippen LogP contribution >= 0.6 is 0 Å². The van der Waals surface area contributed by atoms with Crippen molar-refractivity contribution in [1.82, 2.24) is 20.4 Å². The minimum Gasteiger partial charge on any atom is -0.495 e. The van der Waals surface area contributed by atoms with Crippen molar-refractivity contribution in [3.05, 3.63) is 65.5 Å². The van der Waals surface area contributed by atoms with Crippen LogP contribution < -0.4 is 20.1 Å². The van der Waals surface area contributed by atoms with Gasteiger partial charge in [-0.25, -0.2) is 8.42 Å². The second-order valence-corrected chi connectivity index (χ2v) is 13.2. The number of aryl methyl sites for hydroxylation is 1. The van der Waals surface area contributed by atoms with E-state index in [2.05, 4.69) is 42.2 Å². The lowest BCUT2D eigenvalue weighted by molar-refractivity contribution is -0.160. The first-order chi connectivity index (χ1) is 21.8. The fourth-order valence-corrected chi connectivity index (χ4v) is 6.73. The highest BCUT2D eigenvalue weighted by molar-refractivity contribution is 7.92. The summed E-state index contributed by atoms with van der Waals surface area (Å²) in [5.74, 6) is 6.73. The van der Waals surface area contributed by atoms with Gasteiger partial charge < -0.3 is 24.5 Å². The summed E-state index contributed by atoms with van der Waals surface area (Å²) in [6.07, 6.45) is -1.39. The van der Waals surface area contributed by atoms with Crippen molar-refractivity contribution in [1.29, 1.82) is 0 Å². The Hall–Kier alpha value is -4.19. The number of nitrogens with one attached hydrogen (secondary N) is 4. The smallest absolute Gasteiger partial charge is 0.407 e. The summed E-state index contributed by atoms with van der Waals surface area (Å²) in [6.45, 7) is 1.80. The van der Waals surface area contributed by atoms with Crippen molar-refractivity contribution in [2.24, 2.45) is 0 Å². The molecule has 0 spiro atoms. The number of ether oxygens (including phenoxy) is 1. The first-order valence-corrected chi connectivity index (χ1v) is 16.3. The number of alkyl halides is 3. The summed E-state index contributed by atoms with van der Waals surface area (Å²) in [7, 11) is 1.48. The molecule has 0 bridgehead atoms. The molecule has 1 fully saturated rings. The summed E-state index contributed by atoms with van der Waals surface area (Å²) >= 11 is 0. The van der Waals surface area contributed by atoms with Crippen LogP contribution in [0.4, 0.5) is 24.7 Å². The molecule has 5 rings (SSSR count). The number of nitrogens with zero attached hydrogens (tertiary/aromatic N) is 2. The topological polar surface area (TPSA) is 125 Å². The predicted octanol–water partition coefficient (Wildman–Crippen LogP) is 5.80. The minimum absolute atomic E-state index is 0.0385. The molecule has 0 aliphatic heterocycles. The number of fused-ring (bicyclic) bond motifs is 1. The molecule has 1 aliphatic rings. The highest BCUT2D eigenvalue weighted by Gasteiger charge is 2.43. The van der Waals surface area contributed by atoms with E-state index in [1.54, 1.807) is 31.2 Å². The molecule has 1 saturated carbocycles. The van der Waals surface area contributed by atoms with E-state index in [9.17, 15) is 21.6 Å². The van der Waals surface area contributed by atoms with Crippen LogP contribution in [-0.4, -0.2) is 69.5 Å². The third-order valence-corrected chi connectivity index (χ3v) is 9.46. The van der Waals surface area contributed by atoms with E-state index in [-0.39, 0.29) is 34.6 Å². The molecular formula is C32H37F3N6O4S. The molecule has 10 nitrogen and oxygen atoms in total. The van der Waals surface area contributed by atoms with Crippen LogP contribution in [0.5, 0.6) is 5.75 Å². The third-order valence-electron chi connectivity index (χ3n) is 8.11. The summed E-state index contributed by atoms with van der Waals surface area (Å²) in [5.41, 5.74) is 1.70. The fraction of sp³-hybridized carbons (Fsp3) is 0.406. The first-order valence-electron chi connectivity index (χ1n) is 14.8. The van der Waals surface area contributed by atoms with Crippen LogP contribution in [0.1, 0.15) is 48.7 Å². The third kappa shape index (κ3) is 7.78. The Morgan fingerprint density at radius 3 is 2.54 bits per heavy atom. The van der Waals surface area contributed by atoms with E-state index in [4.69, 9.17) is 9.26 Å². The van der Waals surface area contributed by atoms with Gasteiger partial charge in [0.25, 0.3) is 10.0 Å². The van der Waals surface area contributed by atoms with Gasteiger partial charge >= 0.3 is 6.18 Å². The number of hydrogen-bond donors (Lipinski definition) is 4. The number of H-pyrrole nitrogens is 1. The average Bonchev–Trinajstić information content (AvgIpc) is 3.62. The predicted molar refractivity (Wildman–Crippen MR) is 170 cm³/mol. The fourth-order valence-electron chi connectivity index (χ4n) is 5.73. The van der Waals surface area contributed by atoms with Gasteiger partial charge in [0.1, 0.15) is 17.6 Å². The van der Waals surface area contributed by atoms with Gasteiger partial charge in [0, 0.05) is 35.1 Å².